The minimum absolute atomic E-state index is 0. The van der Waals surface area contributed by atoms with Crippen molar-refractivity contribution in [2.75, 3.05) is 26.2 Å². The Morgan fingerprint density at radius 3 is 2.67 bits per heavy atom. The number of carbonyl (C=O) groups excluding carboxylic acids is 1. The molecule has 0 atom stereocenters. The van der Waals surface area contributed by atoms with Crippen LogP contribution in [0, 0.1) is 12.3 Å². The lowest BCUT2D eigenvalue weighted by atomic mass is 9.78. The molecule has 1 N–H and O–H groups in total. The van der Waals surface area contributed by atoms with E-state index in [-0.39, 0.29) is 12.4 Å². The maximum Gasteiger partial charge on any atom is 0.227 e. The predicted molar refractivity (Wildman–Crippen MR) is 87.9 cm³/mol. The first-order valence-electron chi connectivity index (χ1n) is 7.72. The van der Waals surface area contributed by atoms with Crippen molar-refractivity contribution in [1.82, 2.24) is 10.2 Å². The molecule has 0 unspecified atom stereocenters. The molecular formula is C17H25ClN2O. The zero-order chi connectivity index (χ0) is 14.0. The third-order valence-electron chi connectivity index (χ3n) is 5.06. The fourth-order valence-electron chi connectivity index (χ4n) is 3.60. The minimum atomic E-state index is 0. The van der Waals surface area contributed by atoms with E-state index in [0.29, 0.717) is 17.7 Å². The van der Waals surface area contributed by atoms with Gasteiger partial charge in [0, 0.05) is 13.1 Å². The van der Waals surface area contributed by atoms with Gasteiger partial charge in [-0.1, -0.05) is 24.3 Å². The van der Waals surface area contributed by atoms with E-state index in [4.69, 9.17) is 0 Å². The van der Waals surface area contributed by atoms with Gasteiger partial charge in [-0.2, -0.15) is 0 Å². The molecule has 4 heteroatoms. The normalized spacial score (nSPS) is 20.3. The van der Waals surface area contributed by atoms with Gasteiger partial charge >= 0.3 is 0 Å². The highest BCUT2D eigenvalue weighted by molar-refractivity contribution is 5.85. The van der Waals surface area contributed by atoms with Crippen LogP contribution in [0.2, 0.25) is 0 Å². The fraction of sp³-hybridized carbons (Fsp3) is 0.588. The molecule has 1 spiro atoms. The average Bonchev–Trinajstić information content (AvgIpc) is 2.86. The van der Waals surface area contributed by atoms with Crippen LogP contribution in [0.25, 0.3) is 0 Å². The summed E-state index contributed by atoms with van der Waals surface area (Å²) >= 11 is 0. The highest BCUT2D eigenvalue weighted by Gasteiger charge is 2.40. The Labute approximate surface area is 133 Å². The van der Waals surface area contributed by atoms with E-state index in [0.717, 1.165) is 26.2 Å². The highest BCUT2D eigenvalue weighted by atomic mass is 35.5. The van der Waals surface area contributed by atoms with Crippen LogP contribution in [-0.4, -0.2) is 37.0 Å². The van der Waals surface area contributed by atoms with Crippen molar-refractivity contribution >= 4 is 18.3 Å². The number of rotatable bonds is 2. The molecular weight excluding hydrogens is 284 g/mol. The molecule has 0 saturated carbocycles. The molecule has 1 amide bonds. The number of amides is 1. The topological polar surface area (TPSA) is 32.3 Å². The lowest BCUT2D eigenvalue weighted by Gasteiger charge is -2.33. The first-order valence-corrected chi connectivity index (χ1v) is 7.72. The van der Waals surface area contributed by atoms with Gasteiger partial charge in [0.05, 0.1) is 6.42 Å². The number of aryl methyl sites for hydroxylation is 1. The van der Waals surface area contributed by atoms with E-state index >= 15 is 0 Å². The number of hydrogen-bond donors (Lipinski definition) is 1. The van der Waals surface area contributed by atoms with Crippen LogP contribution in [-0.2, 0) is 11.2 Å². The largest absolute Gasteiger partial charge is 0.342 e. The summed E-state index contributed by atoms with van der Waals surface area (Å²) in [5.74, 6) is 0.301. The number of halogens is 1. The van der Waals surface area contributed by atoms with Crippen molar-refractivity contribution in [2.24, 2.45) is 5.41 Å². The summed E-state index contributed by atoms with van der Waals surface area (Å²) in [6.45, 7) is 6.23. The molecule has 3 nitrogen and oxygen atoms in total. The summed E-state index contributed by atoms with van der Waals surface area (Å²) in [4.78, 5) is 14.6. The molecule has 2 fully saturated rings. The molecule has 116 valence electrons. The van der Waals surface area contributed by atoms with Gasteiger partial charge < -0.3 is 10.2 Å². The Balaban J connectivity index is 0.00000161. The van der Waals surface area contributed by atoms with Crippen LogP contribution in [0.1, 0.15) is 30.4 Å². The second kappa shape index (κ2) is 6.80. The Bertz CT molecular complexity index is 497. The number of carbonyl (C=O) groups is 1. The number of hydrogen-bond acceptors (Lipinski definition) is 2. The summed E-state index contributed by atoms with van der Waals surface area (Å²) < 4.78 is 0. The van der Waals surface area contributed by atoms with Crippen LogP contribution >= 0.6 is 12.4 Å². The van der Waals surface area contributed by atoms with E-state index in [1.807, 2.05) is 12.1 Å². The molecule has 3 rings (SSSR count). The van der Waals surface area contributed by atoms with E-state index in [1.165, 1.54) is 30.4 Å². The second-order valence-electron chi connectivity index (χ2n) is 6.42. The maximum absolute atomic E-state index is 12.5. The molecule has 21 heavy (non-hydrogen) atoms. The molecule has 2 aliphatic rings. The summed E-state index contributed by atoms with van der Waals surface area (Å²) in [5, 5.41) is 3.42. The van der Waals surface area contributed by atoms with Crippen LogP contribution < -0.4 is 5.32 Å². The molecule has 1 aromatic rings. The van der Waals surface area contributed by atoms with E-state index in [1.54, 1.807) is 0 Å². The SMILES string of the molecule is Cc1ccccc1CC(=O)N1CCC2(CCNCC2)C1.Cl. The number of likely N-dealkylation sites (tertiary alicyclic amines) is 1. The molecule has 0 radical (unpaired) electrons. The monoisotopic (exact) mass is 308 g/mol. The lowest BCUT2D eigenvalue weighted by molar-refractivity contribution is -0.129. The van der Waals surface area contributed by atoms with Crippen molar-refractivity contribution in [3.63, 3.8) is 0 Å². The van der Waals surface area contributed by atoms with Gasteiger partial charge in [-0.15, -0.1) is 12.4 Å². The van der Waals surface area contributed by atoms with Crippen LogP contribution in [0.4, 0.5) is 0 Å². The third kappa shape index (κ3) is 3.58. The molecule has 1 aromatic carbocycles. The first-order chi connectivity index (χ1) is 9.69. The van der Waals surface area contributed by atoms with Gasteiger partial charge in [0.2, 0.25) is 5.91 Å². The van der Waals surface area contributed by atoms with Gasteiger partial charge in [-0.3, -0.25) is 4.79 Å². The van der Waals surface area contributed by atoms with Gasteiger partial charge in [-0.05, 0) is 55.8 Å². The van der Waals surface area contributed by atoms with E-state index in [9.17, 15) is 4.79 Å². The minimum Gasteiger partial charge on any atom is -0.342 e. The number of piperidine rings is 1. The summed E-state index contributed by atoms with van der Waals surface area (Å²) in [7, 11) is 0. The van der Waals surface area contributed by atoms with Gasteiger partial charge in [-0.25, -0.2) is 0 Å². The highest BCUT2D eigenvalue weighted by Crippen LogP contribution is 2.38. The molecule has 0 aromatic heterocycles. The number of nitrogens with zero attached hydrogens (tertiary/aromatic N) is 1. The van der Waals surface area contributed by atoms with Crippen molar-refractivity contribution in [2.45, 2.75) is 32.6 Å². The smallest absolute Gasteiger partial charge is 0.227 e. The molecule has 0 bridgehead atoms. The fourth-order valence-corrected chi connectivity index (χ4v) is 3.60. The van der Waals surface area contributed by atoms with Crippen LogP contribution in [0.15, 0.2) is 24.3 Å². The zero-order valence-electron chi connectivity index (χ0n) is 12.7. The molecule has 2 heterocycles. The standard InChI is InChI=1S/C17H24N2O.ClH/c1-14-4-2-3-5-15(14)12-16(20)19-11-8-17(13-19)6-9-18-10-7-17;/h2-5,18H,6-13H2,1H3;1H. The second-order valence-corrected chi connectivity index (χ2v) is 6.42. The van der Waals surface area contributed by atoms with Crippen molar-refractivity contribution in [1.29, 1.82) is 0 Å². The Morgan fingerprint density at radius 1 is 1.24 bits per heavy atom. The molecule has 0 aliphatic carbocycles. The van der Waals surface area contributed by atoms with E-state index in [2.05, 4.69) is 29.3 Å². The van der Waals surface area contributed by atoms with E-state index < -0.39 is 0 Å². The van der Waals surface area contributed by atoms with Gasteiger partial charge in [0.15, 0.2) is 0 Å². The van der Waals surface area contributed by atoms with Crippen molar-refractivity contribution in [3.8, 4) is 0 Å². The predicted octanol–water partition coefficient (Wildman–Crippen LogP) is 2.56. The molecule has 2 saturated heterocycles. The first kappa shape index (κ1) is 16.3. The Kier molecular flexibility index (Phi) is 5.28. The third-order valence-corrected chi connectivity index (χ3v) is 5.06. The van der Waals surface area contributed by atoms with Crippen LogP contribution in [0.5, 0.6) is 0 Å². The lowest BCUT2D eigenvalue weighted by Crippen LogP contribution is -2.40. The van der Waals surface area contributed by atoms with Crippen molar-refractivity contribution in [3.05, 3.63) is 35.4 Å². The quantitative estimate of drug-likeness (QED) is 0.910. The van der Waals surface area contributed by atoms with Crippen LogP contribution in [0.3, 0.4) is 0 Å². The van der Waals surface area contributed by atoms with Gasteiger partial charge in [0.25, 0.3) is 0 Å². The number of benzene rings is 1. The maximum atomic E-state index is 12.5. The molecule has 2 aliphatic heterocycles. The zero-order valence-corrected chi connectivity index (χ0v) is 13.5. The number of nitrogens with one attached hydrogen (secondary N) is 1. The van der Waals surface area contributed by atoms with Crippen molar-refractivity contribution < 1.29 is 4.79 Å². The average molecular weight is 309 g/mol. The summed E-state index contributed by atoms with van der Waals surface area (Å²) in [6.07, 6.45) is 4.19. The van der Waals surface area contributed by atoms with Gasteiger partial charge in [0.1, 0.15) is 0 Å². The summed E-state index contributed by atoms with van der Waals surface area (Å²) in [5.41, 5.74) is 2.80. The Hall–Kier alpha value is -1.06. The Morgan fingerprint density at radius 2 is 1.95 bits per heavy atom. The summed E-state index contributed by atoms with van der Waals surface area (Å²) in [6, 6.07) is 8.21.